The third-order valence-corrected chi connectivity index (χ3v) is 5.71. The summed E-state index contributed by atoms with van der Waals surface area (Å²) in [5.41, 5.74) is 4.53. The minimum absolute atomic E-state index is 0.620. The Balaban J connectivity index is 1.92. The average molecular weight is 232 g/mol. The van der Waals surface area contributed by atoms with Crippen LogP contribution in [0.25, 0.3) is 0 Å². The molecule has 3 saturated carbocycles. The summed E-state index contributed by atoms with van der Waals surface area (Å²) in [6, 6.07) is 0. The van der Waals surface area contributed by atoms with Crippen molar-refractivity contribution in [1.29, 1.82) is 0 Å². The first kappa shape index (κ1) is 11.8. The van der Waals surface area contributed by atoms with Crippen LogP contribution in [-0.4, -0.2) is 0 Å². The molecule has 0 heterocycles. The van der Waals surface area contributed by atoms with E-state index in [2.05, 4.69) is 6.92 Å². The summed E-state index contributed by atoms with van der Waals surface area (Å²) in [6.45, 7) is 2.60. The van der Waals surface area contributed by atoms with Gasteiger partial charge in [-0.05, 0) is 62.7 Å². The van der Waals surface area contributed by atoms with Crippen LogP contribution in [0.15, 0.2) is 11.1 Å². The Labute approximate surface area is 107 Å². The molecule has 3 aliphatic carbocycles. The summed E-state index contributed by atoms with van der Waals surface area (Å²) in [7, 11) is 0. The van der Waals surface area contributed by atoms with Crippen LogP contribution in [0.3, 0.4) is 0 Å². The Kier molecular flexibility index (Phi) is 3.32. The lowest BCUT2D eigenvalue weighted by molar-refractivity contribution is 0.354. The zero-order chi connectivity index (χ0) is 11.7. The van der Waals surface area contributed by atoms with Gasteiger partial charge in [0.05, 0.1) is 0 Å². The lowest BCUT2D eigenvalue weighted by Crippen LogP contribution is -2.22. The van der Waals surface area contributed by atoms with Crippen molar-refractivity contribution in [1.82, 2.24) is 0 Å². The van der Waals surface area contributed by atoms with Crippen molar-refractivity contribution < 1.29 is 0 Å². The van der Waals surface area contributed by atoms with E-state index >= 15 is 0 Å². The van der Waals surface area contributed by atoms with E-state index in [1.165, 1.54) is 77.0 Å². The molecule has 0 N–H and O–H groups in total. The second-order valence-corrected chi connectivity index (χ2v) is 6.97. The fourth-order valence-corrected chi connectivity index (χ4v) is 4.92. The van der Waals surface area contributed by atoms with E-state index in [0.29, 0.717) is 5.41 Å². The summed E-state index contributed by atoms with van der Waals surface area (Å²) in [5.74, 6) is 0.992. The third kappa shape index (κ3) is 2.20. The van der Waals surface area contributed by atoms with Crippen molar-refractivity contribution in [2.24, 2.45) is 11.3 Å². The van der Waals surface area contributed by atoms with Crippen LogP contribution in [0.2, 0.25) is 0 Å². The Hall–Kier alpha value is -0.260. The van der Waals surface area contributed by atoms with Gasteiger partial charge >= 0.3 is 0 Å². The van der Waals surface area contributed by atoms with Crippen molar-refractivity contribution >= 4 is 0 Å². The van der Waals surface area contributed by atoms with E-state index < -0.39 is 0 Å². The summed E-state index contributed by atoms with van der Waals surface area (Å²) in [4.78, 5) is 0. The molecule has 3 fully saturated rings. The molecular weight excluding hydrogens is 204 g/mol. The highest BCUT2D eigenvalue weighted by molar-refractivity contribution is 5.27. The smallest absolute Gasteiger partial charge is 0.0111 e. The van der Waals surface area contributed by atoms with E-state index in [1.807, 2.05) is 11.1 Å². The minimum Gasteiger partial charge on any atom is -0.0702 e. The van der Waals surface area contributed by atoms with Crippen molar-refractivity contribution in [3.05, 3.63) is 11.1 Å². The molecule has 0 aromatic rings. The molecule has 0 nitrogen and oxygen atoms in total. The molecule has 0 aromatic heterocycles. The van der Waals surface area contributed by atoms with Gasteiger partial charge in [-0.25, -0.2) is 0 Å². The van der Waals surface area contributed by atoms with Crippen LogP contribution < -0.4 is 0 Å². The van der Waals surface area contributed by atoms with Gasteiger partial charge in [-0.1, -0.05) is 43.8 Å². The molecular formula is C17H28. The largest absolute Gasteiger partial charge is 0.0702 e. The first-order chi connectivity index (χ1) is 8.30. The lowest BCUT2D eigenvalue weighted by Gasteiger charge is -2.34. The normalized spacial score (nSPS) is 29.1. The molecule has 0 heteroatoms. The van der Waals surface area contributed by atoms with Gasteiger partial charge in [-0.2, -0.15) is 0 Å². The number of hydrogen-bond donors (Lipinski definition) is 0. The van der Waals surface area contributed by atoms with Crippen LogP contribution >= 0.6 is 0 Å². The van der Waals surface area contributed by atoms with Gasteiger partial charge in [-0.15, -0.1) is 0 Å². The van der Waals surface area contributed by atoms with E-state index in [9.17, 15) is 0 Å². The Bertz CT molecular complexity index is 290. The average Bonchev–Trinajstić information content (AvgIpc) is 3.01. The van der Waals surface area contributed by atoms with Crippen LogP contribution in [0.1, 0.15) is 84.0 Å². The Morgan fingerprint density at radius 3 is 2.06 bits per heavy atom. The maximum absolute atomic E-state index is 2.60. The Morgan fingerprint density at radius 2 is 1.47 bits per heavy atom. The van der Waals surface area contributed by atoms with Gasteiger partial charge < -0.3 is 0 Å². The highest BCUT2D eigenvalue weighted by atomic mass is 14.4. The van der Waals surface area contributed by atoms with Gasteiger partial charge in [-0.3, -0.25) is 0 Å². The van der Waals surface area contributed by atoms with E-state index in [-0.39, 0.29) is 0 Å². The maximum atomic E-state index is 2.60. The third-order valence-electron chi connectivity index (χ3n) is 5.71. The summed E-state index contributed by atoms with van der Waals surface area (Å²) >= 11 is 0. The second-order valence-electron chi connectivity index (χ2n) is 6.97. The zero-order valence-electron chi connectivity index (χ0n) is 11.6. The number of hydrogen-bond acceptors (Lipinski definition) is 0. The van der Waals surface area contributed by atoms with Gasteiger partial charge in [0.1, 0.15) is 0 Å². The molecule has 96 valence electrons. The maximum Gasteiger partial charge on any atom is -0.0111 e. The van der Waals surface area contributed by atoms with Gasteiger partial charge in [0.2, 0.25) is 0 Å². The topological polar surface area (TPSA) is 0 Å². The first-order valence-corrected chi connectivity index (χ1v) is 8.02. The molecule has 0 aliphatic heterocycles. The molecule has 0 radical (unpaired) electrons. The van der Waals surface area contributed by atoms with E-state index in [0.717, 1.165) is 5.92 Å². The molecule has 17 heavy (non-hydrogen) atoms. The monoisotopic (exact) mass is 232 g/mol. The molecule has 0 unspecified atom stereocenters. The van der Waals surface area contributed by atoms with Crippen LogP contribution in [0.4, 0.5) is 0 Å². The molecule has 3 aliphatic rings. The predicted octanol–water partition coefficient (Wildman–Crippen LogP) is 5.63. The zero-order valence-corrected chi connectivity index (χ0v) is 11.6. The van der Waals surface area contributed by atoms with Crippen molar-refractivity contribution in [3.8, 4) is 0 Å². The van der Waals surface area contributed by atoms with Crippen molar-refractivity contribution in [2.75, 3.05) is 0 Å². The van der Waals surface area contributed by atoms with Crippen LogP contribution in [0.5, 0.6) is 0 Å². The van der Waals surface area contributed by atoms with Gasteiger partial charge in [0.25, 0.3) is 0 Å². The fourth-order valence-electron chi connectivity index (χ4n) is 4.92. The van der Waals surface area contributed by atoms with E-state index in [1.54, 1.807) is 0 Å². The SMILES string of the molecule is CC1(C(=C2CCCC2)C2CCCC2)CCCC1. The first-order valence-electron chi connectivity index (χ1n) is 8.02. The van der Waals surface area contributed by atoms with Crippen LogP contribution in [-0.2, 0) is 0 Å². The summed E-state index contributed by atoms with van der Waals surface area (Å²) in [6.07, 6.45) is 17.8. The number of allylic oxidation sites excluding steroid dienone is 2. The molecule has 0 amide bonds. The fraction of sp³-hybridized carbons (Fsp3) is 0.882. The van der Waals surface area contributed by atoms with Crippen LogP contribution in [0, 0.1) is 11.3 Å². The summed E-state index contributed by atoms with van der Waals surface area (Å²) in [5, 5.41) is 0. The quantitative estimate of drug-likeness (QED) is 0.541. The molecule has 3 rings (SSSR count). The lowest BCUT2D eigenvalue weighted by atomic mass is 9.71. The molecule has 0 aromatic carbocycles. The highest BCUT2D eigenvalue weighted by Gasteiger charge is 2.39. The molecule has 0 saturated heterocycles. The molecule has 0 atom stereocenters. The predicted molar refractivity (Wildman–Crippen MR) is 74.0 cm³/mol. The standard InChI is InChI=1S/C17H28/c1-17(12-6-7-13-17)16(14-8-2-3-9-14)15-10-4-5-11-15/h14H,2-13H2,1H3. The van der Waals surface area contributed by atoms with Crippen molar-refractivity contribution in [3.63, 3.8) is 0 Å². The minimum atomic E-state index is 0.620. The Morgan fingerprint density at radius 1 is 0.882 bits per heavy atom. The second kappa shape index (κ2) is 4.78. The summed E-state index contributed by atoms with van der Waals surface area (Å²) < 4.78 is 0. The van der Waals surface area contributed by atoms with Gasteiger partial charge in [0.15, 0.2) is 0 Å². The van der Waals surface area contributed by atoms with E-state index in [4.69, 9.17) is 0 Å². The molecule has 0 spiro atoms. The molecule has 0 bridgehead atoms. The highest BCUT2D eigenvalue weighted by Crippen LogP contribution is 2.52. The number of rotatable bonds is 2. The van der Waals surface area contributed by atoms with Gasteiger partial charge in [0, 0.05) is 0 Å². The van der Waals surface area contributed by atoms with Crippen molar-refractivity contribution in [2.45, 2.75) is 84.0 Å².